The van der Waals surface area contributed by atoms with E-state index in [-0.39, 0.29) is 12.0 Å². The van der Waals surface area contributed by atoms with Gasteiger partial charge in [-0.3, -0.25) is 0 Å². The number of benzene rings is 1. The van der Waals surface area contributed by atoms with Crippen LogP contribution in [0.2, 0.25) is 0 Å². The maximum Gasteiger partial charge on any atom is 0.175 e. The number of hydrogen-bond acceptors (Lipinski definition) is 4. The van der Waals surface area contributed by atoms with Gasteiger partial charge >= 0.3 is 0 Å². The molecular weight excluding hydrogens is 238 g/mol. The van der Waals surface area contributed by atoms with Gasteiger partial charge in [-0.05, 0) is 24.1 Å². The van der Waals surface area contributed by atoms with Crippen molar-refractivity contribution in [3.63, 3.8) is 0 Å². The highest BCUT2D eigenvalue weighted by atomic mass is 32.2. The Balaban J connectivity index is 2.26. The van der Waals surface area contributed by atoms with Crippen LogP contribution in [-0.2, 0) is 14.6 Å². The molecule has 1 aliphatic rings. The van der Waals surface area contributed by atoms with Gasteiger partial charge in [0.1, 0.15) is 0 Å². The van der Waals surface area contributed by atoms with Gasteiger partial charge in [0, 0.05) is 24.8 Å². The van der Waals surface area contributed by atoms with Gasteiger partial charge < -0.3 is 10.5 Å². The van der Waals surface area contributed by atoms with Crippen LogP contribution in [0.1, 0.15) is 18.0 Å². The molecule has 0 spiro atoms. The van der Waals surface area contributed by atoms with Crippen molar-refractivity contribution in [2.75, 3.05) is 19.5 Å². The maximum atomic E-state index is 11.5. The number of hydrogen-bond donors (Lipinski definition) is 1. The molecule has 0 aliphatic carbocycles. The molecule has 1 heterocycles. The summed E-state index contributed by atoms with van der Waals surface area (Å²) in [7, 11) is -3.17. The average Bonchev–Trinajstić information content (AvgIpc) is 2.80. The molecule has 2 atom stereocenters. The molecule has 2 unspecified atom stereocenters. The van der Waals surface area contributed by atoms with Crippen LogP contribution in [-0.4, -0.2) is 27.9 Å². The monoisotopic (exact) mass is 255 g/mol. The van der Waals surface area contributed by atoms with Crippen molar-refractivity contribution in [1.82, 2.24) is 0 Å². The fourth-order valence-corrected chi connectivity index (χ4v) is 2.74. The van der Waals surface area contributed by atoms with Crippen molar-refractivity contribution in [3.05, 3.63) is 29.8 Å². The number of nitrogens with two attached hydrogens (primary N) is 1. The second kappa shape index (κ2) is 4.76. The van der Waals surface area contributed by atoms with E-state index in [0.717, 1.165) is 18.6 Å². The first-order valence-electron chi connectivity index (χ1n) is 5.62. The third-order valence-electron chi connectivity index (χ3n) is 3.14. The van der Waals surface area contributed by atoms with Crippen LogP contribution in [0.25, 0.3) is 0 Å². The zero-order valence-corrected chi connectivity index (χ0v) is 10.6. The summed E-state index contributed by atoms with van der Waals surface area (Å²) >= 11 is 0. The Morgan fingerprint density at radius 1 is 1.47 bits per heavy atom. The summed E-state index contributed by atoms with van der Waals surface area (Å²) < 4.78 is 28.2. The van der Waals surface area contributed by atoms with Gasteiger partial charge in [0.05, 0.1) is 11.5 Å². The molecule has 2 N–H and O–H groups in total. The van der Waals surface area contributed by atoms with Crippen molar-refractivity contribution >= 4 is 9.84 Å². The van der Waals surface area contributed by atoms with Gasteiger partial charge in [-0.1, -0.05) is 12.1 Å². The zero-order valence-electron chi connectivity index (χ0n) is 9.80. The molecule has 94 valence electrons. The van der Waals surface area contributed by atoms with E-state index in [9.17, 15) is 8.42 Å². The van der Waals surface area contributed by atoms with Crippen molar-refractivity contribution in [3.8, 4) is 0 Å². The minimum atomic E-state index is -3.17. The normalized spacial score (nSPS) is 22.6. The Morgan fingerprint density at radius 2 is 2.24 bits per heavy atom. The molecule has 17 heavy (non-hydrogen) atoms. The molecule has 0 bridgehead atoms. The summed E-state index contributed by atoms with van der Waals surface area (Å²) in [5.74, 6) is 0.282. The lowest BCUT2D eigenvalue weighted by atomic mass is 9.93. The molecule has 1 saturated heterocycles. The maximum absolute atomic E-state index is 11.5. The Kier molecular flexibility index (Phi) is 3.51. The van der Waals surface area contributed by atoms with Gasteiger partial charge in [0.2, 0.25) is 0 Å². The lowest BCUT2D eigenvalue weighted by molar-refractivity contribution is 0.181. The van der Waals surface area contributed by atoms with E-state index in [4.69, 9.17) is 10.5 Å². The molecule has 4 nitrogen and oxygen atoms in total. The van der Waals surface area contributed by atoms with E-state index in [1.807, 2.05) is 6.07 Å². The van der Waals surface area contributed by atoms with E-state index in [1.165, 1.54) is 6.26 Å². The quantitative estimate of drug-likeness (QED) is 0.879. The molecule has 1 aromatic rings. The van der Waals surface area contributed by atoms with E-state index >= 15 is 0 Å². The minimum absolute atomic E-state index is 0.154. The van der Waals surface area contributed by atoms with Crippen LogP contribution >= 0.6 is 0 Å². The van der Waals surface area contributed by atoms with Crippen molar-refractivity contribution in [2.24, 2.45) is 11.7 Å². The molecule has 0 amide bonds. The summed E-state index contributed by atoms with van der Waals surface area (Å²) in [6.45, 7) is 1.40. The summed E-state index contributed by atoms with van der Waals surface area (Å²) in [6, 6.07) is 6.72. The zero-order chi connectivity index (χ0) is 12.5. The second-order valence-electron chi connectivity index (χ2n) is 4.49. The molecule has 1 aromatic carbocycles. The van der Waals surface area contributed by atoms with Crippen LogP contribution in [0, 0.1) is 5.92 Å². The van der Waals surface area contributed by atoms with Gasteiger partial charge in [-0.2, -0.15) is 0 Å². The molecule has 0 radical (unpaired) electrons. The van der Waals surface area contributed by atoms with Crippen LogP contribution in [0.3, 0.4) is 0 Å². The molecule has 0 aromatic heterocycles. The largest absolute Gasteiger partial charge is 0.381 e. The highest BCUT2D eigenvalue weighted by molar-refractivity contribution is 7.90. The molecule has 1 aliphatic heterocycles. The SMILES string of the molecule is CS(=O)(=O)c1cccc(C(N)C2CCOC2)c1. The average molecular weight is 255 g/mol. The van der Waals surface area contributed by atoms with Crippen molar-refractivity contribution in [1.29, 1.82) is 0 Å². The Morgan fingerprint density at radius 3 is 2.82 bits per heavy atom. The van der Waals surface area contributed by atoms with Crippen LogP contribution < -0.4 is 5.73 Å². The Bertz CT molecular complexity index is 492. The van der Waals surface area contributed by atoms with Crippen LogP contribution in [0.15, 0.2) is 29.2 Å². The molecular formula is C12H17NO3S. The smallest absolute Gasteiger partial charge is 0.175 e. The first kappa shape index (κ1) is 12.5. The summed E-state index contributed by atoms with van der Waals surface area (Å²) in [6.07, 6.45) is 2.14. The van der Waals surface area contributed by atoms with Crippen LogP contribution in [0.5, 0.6) is 0 Å². The highest BCUT2D eigenvalue weighted by Crippen LogP contribution is 2.27. The molecule has 5 heteroatoms. The minimum Gasteiger partial charge on any atom is -0.381 e. The lowest BCUT2D eigenvalue weighted by Crippen LogP contribution is -2.21. The first-order chi connectivity index (χ1) is 7.98. The third-order valence-corrected chi connectivity index (χ3v) is 4.25. The Hall–Kier alpha value is -0.910. The number of rotatable bonds is 3. The van der Waals surface area contributed by atoms with Gasteiger partial charge in [0.25, 0.3) is 0 Å². The van der Waals surface area contributed by atoms with Gasteiger partial charge in [-0.25, -0.2) is 8.42 Å². The highest BCUT2D eigenvalue weighted by Gasteiger charge is 2.24. The summed E-state index contributed by atoms with van der Waals surface area (Å²) in [5, 5.41) is 0. The fraction of sp³-hybridized carbons (Fsp3) is 0.500. The fourth-order valence-electron chi connectivity index (χ4n) is 2.06. The van der Waals surface area contributed by atoms with E-state index in [0.29, 0.717) is 11.5 Å². The van der Waals surface area contributed by atoms with E-state index in [2.05, 4.69) is 0 Å². The standard InChI is InChI=1S/C12H17NO3S/c1-17(14,15)11-4-2-3-9(7-11)12(13)10-5-6-16-8-10/h2-4,7,10,12H,5-6,8,13H2,1H3. The number of sulfone groups is 1. The topological polar surface area (TPSA) is 69.4 Å². The third kappa shape index (κ3) is 2.86. The molecule has 0 saturated carbocycles. The first-order valence-corrected chi connectivity index (χ1v) is 7.51. The van der Waals surface area contributed by atoms with Crippen molar-refractivity contribution < 1.29 is 13.2 Å². The lowest BCUT2D eigenvalue weighted by Gasteiger charge is -2.18. The van der Waals surface area contributed by atoms with Gasteiger partial charge in [0.15, 0.2) is 9.84 Å². The van der Waals surface area contributed by atoms with Crippen LogP contribution in [0.4, 0.5) is 0 Å². The Labute approximate surface area is 102 Å². The second-order valence-corrected chi connectivity index (χ2v) is 6.51. The van der Waals surface area contributed by atoms with Crippen molar-refractivity contribution in [2.45, 2.75) is 17.4 Å². The van der Waals surface area contributed by atoms with E-state index in [1.54, 1.807) is 18.2 Å². The molecule has 2 rings (SSSR count). The number of ether oxygens (including phenoxy) is 1. The summed E-state index contributed by atoms with van der Waals surface area (Å²) in [5.41, 5.74) is 7.00. The predicted molar refractivity (Wildman–Crippen MR) is 65.4 cm³/mol. The predicted octanol–water partition coefficient (Wildman–Crippen LogP) is 1.13. The van der Waals surface area contributed by atoms with E-state index < -0.39 is 9.84 Å². The summed E-state index contributed by atoms with van der Waals surface area (Å²) in [4.78, 5) is 0.323. The van der Waals surface area contributed by atoms with Gasteiger partial charge in [-0.15, -0.1) is 0 Å². The molecule has 1 fully saturated rings.